The van der Waals surface area contributed by atoms with Crippen LogP contribution in [0.3, 0.4) is 0 Å². The molecule has 0 fully saturated rings. The Morgan fingerprint density at radius 3 is 2.17 bits per heavy atom. The van der Waals surface area contributed by atoms with Crippen LogP contribution in [0.5, 0.6) is 0 Å². The van der Waals surface area contributed by atoms with Gasteiger partial charge in [-0.2, -0.15) is 13.2 Å². The van der Waals surface area contributed by atoms with E-state index in [9.17, 15) is 4.79 Å². The van der Waals surface area contributed by atoms with Crippen molar-refractivity contribution in [2.45, 2.75) is 24.7 Å². The molecule has 1 aliphatic heterocycles. The number of amides is 2. The van der Waals surface area contributed by atoms with Crippen molar-refractivity contribution in [3.05, 3.63) is 101 Å². The quantitative estimate of drug-likeness (QED) is 0.489. The molecular formula is C23H18ClF3N2O. The molecule has 7 heteroatoms. The van der Waals surface area contributed by atoms with E-state index in [1.165, 1.54) is 42.5 Å². The van der Waals surface area contributed by atoms with Gasteiger partial charge in [0, 0.05) is 16.3 Å². The molecule has 0 bridgehead atoms. The average Bonchev–Trinajstić information content (AvgIpc) is 2.73. The molecule has 3 aromatic rings. The minimum atomic E-state index is -4.82. The molecule has 0 saturated heterocycles. The molecule has 1 aliphatic rings. The number of rotatable bonds is 3. The zero-order valence-corrected chi connectivity index (χ0v) is 16.7. The average molecular weight is 431 g/mol. The van der Waals surface area contributed by atoms with Crippen LogP contribution in [-0.2, 0) is 5.54 Å². The van der Waals surface area contributed by atoms with Gasteiger partial charge in [-0.3, -0.25) is 4.90 Å². The van der Waals surface area contributed by atoms with E-state index in [0.29, 0.717) is 5.56 Å². The van der Waals surface area contributed by atoms with E-state index in [2.05, 4.69) is 5.32 Å². The number of nitrogens with zero attached hydrogens (tertiary/aromatic N) is 1. The summed E-state index contributed by atoms with van der Waals surface area (Å²) in [4.78, 5) is 14.0. The molecule has 1 heterocycles. The van der Waals surface area contributed by atoms with E-state index in [1.807, 2.05) is 0 Å². The lowest BCUT2D eigenvalue weighted by atomic mass is 9.77. The highest BCUT2D eigenvalue weighted by Gasteiger charge is 2.66. The van der Waals surface area contributed by atoms with Crippen LogP contribution in [0.25, 0.3) is 0 Å². The molecule has 3 nitrogen and oxygen atoms in total. The summed E-state index contributed by atoms with van der Waals surface area (Å²) in [6.07, 6.45) is -4.82. The lowest BCUT2D eigenvalue weighted by Crippen LogP contribution is -2.63. The van der Waals surface area contributed by atoms with Crippen LogP contribution in [0.2, 0.25) is 5.02 Å². The number of alkyl halides is 3. The fraction of sp³-hybridized carbons (Fsp3) is 0.174. The fourth-order valence-corrected chi connectivity index (χ4v) is 4.33. The molecule has 0 aromatic heterocycles. The van der Waals surface area contributed by atoms with Crippen molar-refractivity contribution in [2.24, 2.45) is 0 Å². The van der Waals surface area contributed by atoms with Gasteiger partial charge in [0.25, 0.3) is 0 Å². The van der Waals surface area contributed by atoms with Gasteiger partial charge in [-0.05, 0) is 36.2 Å². The van der Waals surface area contributed by atoms with Gasteiger partial charge in [-0.25, -0.2) is 4.79 Å². The van der Waals surface area contributed by atoms with Crippen LogP contribution >= 0.6 is 11.6 Å². The molecule has 0 saturated carbocycles. The van der Waals surface area contributed by atoms with E-state index in [-0.39, 0.29) is 21.8 Å². The number of anilines is 1. The van der Waals surface area contributed by atoms with Crippen LogP contribution < -0.4 is 5.32 Å². The first-order valence-corrected chi connectivity index (χ1v) is 9.72. The van der Waals surface area contributed by atoms with Gasteiger partial charge in [-0.1, -0.05) is 72.3 Å². The number of fused-ring (bicyclic) bond motifs is 1. The highest BCUT2D eigenvalue weighted by Crippen LogP contribution is 2.55. The highest BCUT2D eigenvalue weighted by atomic mass is 35.5. The smallest absolute Gasteiger partial charge is 0.307 e. The summed E-state index contributed by atoms with van der Waals surface area (Å²) < 4.78 is 45.4. The Labute approximate surface area is 177 Å². The molecule has 2 amide bonds. The molecule has 2 atom stereocenters. The lowest BCUT2D eigenvalue weighted by Gasteiger charge is -2.51. The van der Waals surface area contributed by atoms with Gasteiger partial charge in [0.1, 0.15) is 0 Å². The number of urea groups is 1. The third kappa shape index (κ3) is 3.03. The summed E-state index contributed by atoms with van der Waals surface area (Å²) in [5, 5.41) is 2.77. The Balaban J connectivity index is 2.09. The molecule has 154 valence electrons. The van der Waals surface area contributed by atoms with Gasteiger partial charge < -0.3 is 5.32 Å². The van der Waals surface area contributed by atoms with Gasteiger partial charge in [0.05, 0.1) is 6.04 Å². The lowest BCUT2D eigenvalue weighted by molar-refractivity contribution is -0.218. The topological polar surface area (TPSA) is 32.3 Å². The Hall–Kier alpha value is -2.99. The SMILES string of the molecule is C[C@H](c1ccccc1)N1C(=O)Nc2ccc(Cl)cc2[C@]1(c1ccccc1)C(F)(F)F. The molecule has 0 radical (unpaired) electrons. The molecule has 0 unspecified atom stereocenters. The third-order valence-electron chi connectivity index (χ3n) is 5.46. The van der Waals surface area contributed by atoms with Crippen LogP contribution in [0, 0.1) is 0 Å². The van der Waals surface area contributed by atoms with Gasteiger partial charge in [0.2, 0.25) is 0 Å². The van der Waals surface area contributed by atoms with Crippen molar-refractivity contribution in [1.82, 2.24) is 4.90 Å². The first-order valence-electron chi connectivity index (χ1n) is 9.34. The first-order chi connectivity index (χ1) is 14.3. The normalized spacial score (nSPS) is 19.8. The molecule has 0 aliphatic carbocycles. The number of halogens is 4. The predicted molar refractivity (Wildman–Crippen MR) is 110 cm³/mol. The number of carbonyl (C=O) groups is 1. The second-order valence-corrected chi connectivity index (χ2v) is 7.59. The fourth-order valence-electron chi connectivity index (χ4n) is 4.16. The highest BCUT2D eigenvalue weighted by molar-refractivity contribution is 6.30. The Morgan fingerprint density at radius 2 is 1.57 bits per heavy atom. The molecule has 30 heavy (non-hydrogen) atoms. The number of hydrogen-bond acceptors (Lipinski definition) is 1. The van der Waals surface area contributed by atoms with E-state index in [1.54, 1.807) is 43.3 Å². The number of carbonyl (C=O) groups excluding carboxylic acids is 1. The van der Waals surface area contributed by atoms with E-state index in [0.717, 1.165) is 4.90 Å². The van der Waals surface area contributed by atoms with Crippen LogP contribution in [-0.4, -0.2) is 17.1 Å². The first kappa shape index (κ1) is 20.3. The van der Waals surface area contributed by atoms with Crippen LogP contribution in [0.15, 0.2) is 78.9 Å². The summed E-state index contributed by atoms with van der Waals surface area (Å²) >= 11 is 6.12. The van der Waals surface area contributed by atoms with Crippen LogP contribution in [0.1, 0.15) is 29.7 Å². The number of hydrogen-bond donors (Lipinski definition) is 1. The summed E-state index contributed by atoms with van der Waals surface area (Å²) in [5.74, 6) is 0. The Kier molecular flexibility index (Phi) is 4.98. The summed E-state index contributed by atoms with van der Waals surface area (Å²) in [5.41, 5.74) is -2.22. The van der Waals surface area contributed by atoms with Crippen molar-refractivity contribution in [3.63, 3.8) is 0 Å². The third-order valence-corrected chi connectivity index (χ3v) is 5.70. The molecular weight excluding hydrogens is 413 g/mol. The van der Waals surface area contributed by atoms with E-state index >= 15 is 13.2 Å². The van der Waals surface area contributed by atoms with Gasteiger partial charge in [0.15, 0.2) is 5.54 Å². The largest absolute Gasteiger partial charge is 0.420 e. The van der Waals surface area contributed by atoms with Crippen molar-refractivity contribution in [2.75, 3.05) is 5.32 Å². The molecule has 3 aromatic carbocycles. The maximum Gasteiger partial charge on any atom is 0.420 e. The van der Waals surface area contributed by atoms with Crippen molar-refractivity contribution >= 4 is 23.3 Å². The number of benzene rings is 3. The monoisotopic (exact) mass is 430 g/mol. The minimum absolute atomic E-state index is 0.0568. The van der Waals surface area contributed by atoms with Crippen molar-refractivity contribution in [3.8, 4) is 0 Å². The van der Waals surface area contributed by atoms with Crippen LogP contribution in [0.4, 0.5) is 23.7 Å². The van der Waals surface area contributed by atoms with Crippen molar-refractivity contribution in [1.29, 1.82) is 0 Å². The standard InChI is InChI=1S/C23H18ClF3N2O/c1-15(16-8-4-2-5-9-16)29-21(30)28-20-13-12-18(24)14-19(20)22(29,23(25,26)27)17-10-6-3-7-11-17/h2-15H,1H3,(H,28,30)/t15-,22-/m1/s1. The second kappa shape index (κ2) is 7.36. The summed E-state index contributed by atoms with van der Waals surface area (Å²) in [7, 11) is 0. The van der Waals surface area contributed by atoms with Gasteiger partial charge >= 0.3 is 12.2 Å². The second-order valence-electron chi connectivity index (χ2n) is 7.15. The van der Waals surface area contributed by atoms with Crippen molar-refractivity contribution < 1.29 is 18.0 Å². The Morgan fingerprint density at radius 1 is 0.967 bits per heavy atom. The van der Waals surface area contributed by atoms with E-state index < -0.39 is 23.8 Å². The maximum atomic E-state index is 15.1. The molecule has 4 rings (SSSR count). The zero-order chi connectivity index (χ0) is 21.5. The van der Waals surface area contributed by atoms with E-state index in [4.69, 9.17) is 11.6 Å². The van der Waals surface area contributed by atoms with Gasteiger partial charge in [-0.15, -0.1) is 0 Å². The Bertz CT molecular complexity index is 1070. The maximum absolute atomic E-state index is 15.1. The minimum Gasteiger partial charge on any atom is -0.307 e. The summed E-state index contributed by atoms with van der Waals surface area (Å²) in [6.45, 7) is 1.59. The number of nitrogens with one attached hydrogen (secondary N) is 1. The predicted octanol–water partition coefficient (Wildman–Crippen LogP) is 6.75. The molecule has 0 spiro atoms. The molecule has 1 N–H and O–H groups in total. The summed E-state index contributed by atoms with van der Waals surface area (Å²) in [6, 6.07) is 18.6. The zero-order valence-electron chi connectivity index (χ0n) is 16.0.